The van der Waals surface area contributed by atoms with E-state index in [1.54, 1.807) is 18.2 Å². The van der Waals surface area contributed by atoms with Crippen LogP contribution >= 0.6 is 0 Å². The van der Waals surface area contributed by atoms with E-state index in [1.165, 1.54) is 6.07 Å². The standard InChI is InChI=1S/C10H11F2N/c11-10(12)8-4-2-1-3-7(8)9-5-6-13-9/h1-4,9-10,13H,5-6H2. The largest absolute Gasteiger partial charge is 0.310 e. The lowest BCUT2D eigenvalue weighted by molar-refractivity contribution is 0.148. The maximum absolute atomic E-state index is 12.5. The Morgan fingerprint density at radius 1 is 1.31 bits per heavy atom. The molecule has 0 bridgehead atoms. The molecule has 1 aliphatic heterocycles. The lowest BCUT2D eigenvalue weighted by Gasteiger charge is -2.29. The monoisotopic (exact) mass is 183 g/mol. The topological polar surface area (TPSA) is 12.0 Å². The minimum Gasteiger partial charge on any atom is -0.310 e. The summed E-state index contributed by atoms with van der Waals surface area (Å²) in [7, 11) is 0. The van der Waals surface area contributed by atoms with Crippen molar-refractivity contribution in [3.8, 4) is 0 Å². The minimum absolute atomic E-state index is 0.144. The predicted molar refractivity (Wildman–Crippen MR) is 46.8 cm³/mol. The molecule has 1 aromatic carbocycles. The second-order valence-electron chi connectivity index (χ2n) is 3.22. The summed E-state index contributed by atoms with van der Waals surface area (Å²) in [5.41, 5.74) is 0.920. The lowest BCUT2D eigenvalue weighted by Crippen LogP contribution is -2.35. The van der Waals surface area contributed by atoms with Gasteiger partial charge in [-0.15, -0.1) is 0 Å². The highest BCUT2D eigenvalue weighted by Crippen LogP contribution is 2.31. The third-order valence-electron chi connectivity index (χ3n) is 2.43. The second-order valence-corrected chi connectivity index (χ2v) is 3.22. The van der Waals surface area contributed by atoms with E-state index in [1.807, 2.05) is 0 Å². The normalized spacial score (nSPS) is 21.6. The maximum Gasteiger partial charge on any atom is 0.264 e. The molecule has 0 spiro atoms. The smallest absolute Gasteiger partial charge is 0.264 e. The Morgan fingerprint density at radius 3 is 2.54 bits per heavy atom. The van der Waals surface area contributed by atoms with Crippen molar-refractivity contribution in [2.75, 3.05) is 6.54 Å². The van der Waals surface area contributed by atoms with Gasteiger partial charge in [0.25, 0.3) is 6.43 Å². The first kappa shape index (κ1) is 8.63. The van der Waals surface area contributed by atoms with Crippen molar-refractivity contribution in [1.82, 2.24) is 5.32 Å². The number of rotatable bonds is 2. The van der Waals surface area contributed by atoms with Crippen LogP contribution in [0.1, 0.15) is 30.0 Å². The van der Waals surface area contributed by atoms with Gasteiger partial charge in [0.05, 0.1) is 0 Å². The molecule has 1 atom stereocenters. The van der Waals surface area contributed by atoms with Crippen molar-refractivity contribution in [2.24, 2.45) is 0 Å². The molecule has 13 heavy (non-hydrogen) atoms. The molecule has 0 radical (unpaired) electrons. The van der Waals surface area contributed by atoms with Gasteiger partial charge in [0.1, 0.15) is 0 Å². The Kier molecular flexibility index (Phi) is 2.27. The van der Waals surface area contributed by atoms with Crippen molar-refractivity contribution >= 4 is 0 Å². The van der Waals surface area contributed by atoms with Crippen molar-refractivity contribution in [3.63, 3.8) is 0 Å². The maximum atomic E-state index is 12.5. The molecule has 1 nitrogen and oxygen atoms in total. The van der Waals surface area contributed by atoms with Crippen LogP contribution in [-0.4, -0.2) is 6.54 Å². The van der Waals surface area contributed by atoms with Crippen molar-refractivity contribution < 1.29 is 8.78 Å². The highest BCUT2D eigenvalue weighted by Gasteiger charge is 2.23. The van der Waals surface area contributed by atoms with Crippen LogP contribution in [0.2, 0.25) is 0 Å². The molecular formula is C10H11F2N. The van der Waals surface area contributed by atoms with Gasteiger partial charge < -0.3 is 5.32 Å². The van der Waals surface area contributed by atoms with E-state index in [0.29, 0.717) is 0 Å². The van der Waals surface area contributed by atoms with E-state index in [0.717, 1.165) is 18.5 Å². The quantitative estimate of drug-likeness (QED) is 0.743. The third-order valence-corrected chi connectivity index (χ3v) is 2.43. The number of halogens is 2. The SMILES string of the molecule is FC(F)c1ccccc1C1CCN1. The molecule has 1 saturated heterocycles. The highest BCUT2D eigenvalue weighted by molar-refractivity contribution is 5.32. The molecule has 0 aliphatic carbocycles. The first-order valence-electron chi connectivity index (χ1n) is 4.39. The molecule has 70 valence electrons. The second kappa shape index (κ2) is 3.42. The third kappa shape index (κ3) is 1.56. The molecule has 1 N–H and O–H groups in total. The summed E-state index contributed by atoms with van der Waals surface area (Å²) in [5.74, 6) is 0. The van der Waals surface area contributed by atoms with Crippen LogP contribution in [0.25, 0.3) is 0 Å². The number of nitrogens with one attached hydrogen (secondary N) is 1. The Labute approximate surface area is 75.8 Å². The van der Waals surface area contributed by atoms with Gasteiger partial charge in [-0.3, -0.25) is 0 Å². The van der Waals surface area contributed by atoms with Crippen molar-refractivity contribution in [1.29, 1.82) is 0 Å². The van der Waals surface area contributed by atoms with Crippen LogP contribution in [0.4, 0.5) is 8.78 Å². The van der Waals surface area contributed by atoms with Crippen molar-refractivity contribution in [2.45, 2.75) is 18.9 Å². The average Bonchev–Trinajstić information content (AvgIpc) is 2.02. The van der Waals surface area contributed by atoms with Gasteiger partial charge in [-0.05, 0) is 18.5 Å². The molecule has 0 aromatic heterocycles. The van der Waals surface area contributed by atoms with E-state index >= 15 is 0 Å². The van der Waals surface area contributed by atoms with E-state index in [-0.39, 0.29) is 11.6 Å². The molecule has 1 aromatic rings. The zero-order valence-electron chi connectivity index (χ0n) is 7.13. The van der Waals surface area contributed by atoms with Crippen molar-refractivity contribution in [3.05, 3.63) is 35.4 Å². The zero-order chi connectivity index (χ0) is 9.26. The number of alkyl halides is 2. The lowest BCUT2D eigenvalue weighted by atomic mass is 9.94. The van der Waals surface area contributed by atoms with Crippen LogP contribution in [0.3, 0.4) is 0 Å². The number of hydrogen-bond donors (Lipinski definition) is 1. The van der Waals surface area contributed by atoms with Gasteiger partial charge in [-0.1, -0.05) is 24.3 Å². The van der Waals surface area contributed by atoms with E-state index < -0.39 is 6.43 Å². The molecule has 0 saturated carbocycles. The summed E-state index contributed by atoms with van der Waals surface area (Å²) in [6.45, 7) is 0.933. The van der Waals surface area contributed by atoms with E-state index in [2.05, 4.69) is 5.32 Å². The van der Waals surface area contributed by atoms with Gasteiger partial charge in [0.15, 0.2) is 0 Å². The molecule has 1 fully saturated rings. The van der Waals surface area contributed by atoms with Crippen LogP contribution in [0.5, 0.6) is 0 Å². The predicted octanol–water partition coefficient (Wildman–Crippen LogP) is 2.66. The van der Waals surface area contributed by atoms with Gasteiger partial charge in [-0.2, -0.15) is 0 Å². The van der Waals surface area contributed by atoms with Crippen LogP contribution in [0.15, 0.2) is 24.3 Å². The molecular weight excluding hydrogens is 172 g/mol. The molecule has 3 heteroatoms. The van der Waals surface area contributed by atoms with Crippen LogP contribution in [0, 0.1) is 0 Å². The van der Waals surface area contributed by atoms with Gasteiger partial charge in [0.2, 0.25) is 0 Å². The highest BCUT2D eigenvalue weighted by atomic mass is 19.3. The minimum atomic E-state index is -2.36. The Balaban J connectivity index is 2.31. The fraction of sp³-hybridized carbons (Fsp3) is 0.400. The fourth-order valence-corrected chi connectivity index (χ4v) is 1.58. The summed E-state index contributed by atoms with van der Waals surface area (Å²) < 4.78 is 25.0. The molecule has 1 unspecified atom stereocenters. The fourth-order valence-electron chi connectivity index (χ4n) is 1.58. The molecule has 2 rings (SSSR count). The molecule has 1 aliphatic rings. The van der Waals surface area contributed by atoms with Gasteiger partial charge in [0, 0.05) is 11.6 Å². The Morgan fingerprint density at radius 2 is 2.00 bits per heavy atom. The average molecular weight is 183 g/mol. The molecule has 0 amide bonds. The van der Waals surface area contributed by atoms with E-state index in [4.69, 9.17) is 0 Å². The Hall–Kier alpha value is -0.960. The Bertz CT molecular complexity index is 295. The van der Waals surface area contributed by atoms with Crippen LogP contribution in [-0.2, 0) is 0 Å². The number of hydrogen-bond acceptors (Lipinski definition) is 1. The summed E-state index contributed by atoms with van der Waals surface area (Å²) >= 11 is 0. The zero-order valence-corrected chi connectivity index (χ0v) is 7.13. The first-order chi connectivity index (χ1) is 6.29. The van der Waals surface area contributed by atoms with Gasteiger partial charge in [-0.25, -0.2) is 8.78 Å². The van der Waals surface area contributed by atoms with Crippen LogP contribution < -0.4 is 5.32 Å². The summed E-state index contributed by atoms with van der Waals surface area (Å²) in [6, 6.07) is 6.88. The first-order valence-corrected chi connectivity index (χ1v) is 4.39. The molecule has 1 heterocycles. The summed E-state index contributed by atoms with van der Waals surface area (Å²) in [5, 5.41) is 3.12. The summed E-state index contributed by atoms with van der Waals surface area (Å²) in [6.07, 6.45) is -1.40. The number of benzene rings is 1. The van der Waals surface area contributed by atoms with Gasteiger partial charge >= 0.3 is 0 Å². The van der Waals surface area contributed by atoms with E-state index in [9.17, 15) is 8.78 Å². The summed E-state index contributed by atoms with van der Waals surface area (Å²) in [4.78, 5) is 0.